The molecule has 0 fully saturated rings. The number of sulfonamides is 1. The minimum atomic E-state index is -3.88. The van der Waals surface area contributed by atoms with E-state index >= 15 is 0 Å². The molecular weight excluding hydrogens is 416 g/mol. The molecule has 0 radical (unpaired) electrons. The van der Waals surface area contributed by atoms with Crippen LogP contribution < -0.4 is 4.72 Å². The highest BCUT2D eigenvalue weighted by molar-refractivity contribution is 9.11. The van der Waals surface area contributed by atoms with Crippen molar-refractivity contribution < 1.29 is 18.3 Å². The number of aromatic carboxylic acids is 1. The molecule has 2 rings (SSSR count). The van der Waals surface area contributed by atoms with Gasteiger partial charge in [-0.1, -0.05) is 6.07 Å². The van der Waals surface area contributed by atoms with Gasteiger partial charge in [0, 0.05) is 15.1 Å². The van der Waals surface area contributed by atoms with Gasteiger partial charge in [-0.3, -0.25) is 4.72 Å². The average Bonchev–Trinajstić information content (AvgIpc) is 2.84. The number of aromatic amines is 1. The zero-order valence-electron chi connectivity index (χ0n) is 9.72. The lowest BCUT2D eigenvalue weighted by molar-refractivity contribution is 0.0691. The third kappa shape index (κ3) is 3.05. The lowest BCUT2D eigenvalue weighted by Gasteiger charge is -2.10. The van der Waals surface area contributed by atoms with E-state index in [4.69, 9.17) is 5.11 Å². The van der Waals surface area contributed by atoms with Crippen molar-refractivity contribution in [3.05, 3.63) is 45.1 Å². The van der Waals surface area contributed by atoms with Gasteiger partial charge in [0.2, 0.25) is 0 Å². The Morgan fingerprint density at radius 3 is 2.35 bits per heavy atom. The maximum atomic E-state index is 12.2. The summed E-state index contributed by atoms with van der Waals surface area (Å²) in [6.45, 7) is 0. The van der Waals surface area contributed by atoms with Crippen LogP contribution in [0.4, 0.5) is 5.69 Å². The van der Waals surface area contributed by atoms with Crippen molar-refractivity contribution in [3.63, 3.8) is 0 Å². The van der Waals surface area contributed by atoms with Crippen LogP contribution in [-0.2, 0) is 10.0 Å². The Hall–Kier alpha value is -1.32. The van der Waals surface area contributed by atoms with Crippen molar-refractivity contribution in [2.45, 2.75) is 4.90 Å². The van der Waals surface area contributed by atoms with Gasteiger partial charge in [0.1, 0.15) is 10.6 Å². The van der Waals surface area contributed by atoms with Gasteiger partial charge in [-0.25, -0.2) is 13.2 Å². The summed E-state index contributed by atoms with van der Waals surface area (Å²) < 4.78 is 27.9. The number of H-pyrrole nitrogens is 1. The van der Waals surface area contributed by atoms with Crippen LogP contribution in [0.1, 0.15) is 10.5 Å². The van der Waals surface area contributed by atoms with E-state index in [9.17, 15) is 13.2 Å². The number of halogens is 2. The van der Waals surface area contributed by atoms with Gasteiger partial charge >= 0.3 is 5.97 Å². The van der Waals surface area contributed by atoms with E-state index in [1.54, 1.807) is 18.2 Å². The molecular formula is C11H8Br2N2O4S. The maximum absolute atomic E-state index is 12.2. The van der Waals surface area contributed by atoms with E-state index in [0.717, 1.165) is 12.3 Å². The van der Waals surface area contributed by atoms with E-state index in [0.29, 0.717) is 14.6 Å². The van der Waals surface area contributed by atoms with Gasteiger partial charge in [-0.2, -0.15) is 0 Å². The van der Waals surface area contributed by atoms with E-state index in [2.05, 4.69) is 41.6 Å². The number of anilines is 1. The Morgan fingerprint density at radius 1 is 1.25 bits per heavy atom. The first-order chi connectivity index (χ1) is 9.31. The molecule has 0 saturated carbocycles. The molecule has 9 heteroatoms. The van der Waals surface area contributed by atoms with Crippen LogP contribution >= 0.6 is 31.9 Å². The molecule has 1 aromatic carbocycles. The second kappa shape index (κ2) is 5.58. The third-order valence-corrected chi connectivity index (χ3v) is 5.05. The first kappa shape index (κ1) is 15.1. The minimum absolute atomic E-state index is 0.155. The van der Waals surface area contributed by atoms with Gasteiger partial charge in [0.25, 0.3) is 10.0 Å². The first-order valence-corrected chi connectivity index (χ1v) is 8.27. The predicted molar refractivity (Wildman–Crippen MR) is 80.4 cm³/mol. The summed E-state index contributed by atoms with van der Waals surface area (Å²) in [6.07, 6.45) is 1.12. The van der Waals surface area contributed by atoms with Crippen molar-refractivity contribution >= 4 is 53.5 Å². The van der Waals surface area contributed by atoms with Crippen LogP contribution in [0, 0.1) is 0 Å². The van der Waals surface area contributed by atoms with Crippen LogP contribution in [-0.4, -0.2) is 24.5 Å². The number of hydrogen-bond acceptors (Lipinski definition) is 3. The Kier molecular flexibility index (Phi) is 4.21. The number of aromatic nitrogens is 1. The second-order valence-electron chi connectivity index (χ2n) is 3.76. The highest BCUT2D eigenvalue weighted by Gasteiger charge is 2.20. The fraction of sp³-hybridized carbons (Fsp3) is 0. The number of benzene rings is 1. The zero-order valence-corrected chi connectivity index (χ0v) is 13.7. The van der Waals surface area contributed by atoms with E-state index in [-0.39, 0.29) is 10.6 Å². The predicted octanol–water partition coefficient (Wildman–Crippen LogP) is 3.04. The molecule has 1 aromatic heterocycles. The van der Waals surface area contributed by atoms with Crippen LogP contribution in [0.3, 0.4) is 0 Å². The number of rotatable bonds is 4. The number of carbonyl (C=O) groups is 1. The lowest BCUT2D eigenvalue weighted by atomic mass is 10.3. The normalized spacial score (nSPS) is 11.3. The van der Waals surface area contributed by atoms with Gasteiger partial charge in [-0.15, -0.1) is 0 Å². The molecule has 1 heterocycles. The third-order valence-electron chi connectivity index (χ3n) is 2.40. The van der Waals surface area contributed by atoms with Gasteiger partial charge in [0.05, 0.1) is 5.69 Å². The number of carboxylic acid groups (broad SMARTS) is 1. The summed E-state index contributed by atoms with van der Waals surface area (Å²) in [5, 5.41) is 8.78. The highest BCUT2D eigenvalue weighted by Crippen LogP contribution is 2.32. The Balaban J connectivity index is 2.38. The maximum Gasteiger partial charge on any atom is 0.352 e. The first-order valence-electron chi connectivity index (χ1n) is 5.20. The smallest absolute Gasteiger partial charge is 0.352 e. The summed E-state index contributed by atoms with van der Waals surface area (Å²) in [4.78, 5) is 13.0. The topological polar surface area (TPSA) is 99.3 Å². The lowest BCUT2D eigenvalue weighted by Crippen LogP contribution is -2.13. The van der Waals surface area contributed by atoms with Gasteiger partial charge < -0.3 is 10.1 Å². The molecule has 0 aliphatic heterocycles. The molecule has 0 saturated heterocycles. The summed E-state index contributed by atoms with van der Waals surface area (Å²) in [5.41, 5.74) is 0.141. The van der Waals surface area contributed by atoms with E-state index < -0.39 is 16.0 Å². The fourth-order valence-electron chi connectivity index (χ4n) is 1.44. The molecule has 106 valence electrons. The average molecular weight is 424 g/mol. The molecule has 6 nitrogen and oxygen atoms in total. The van der Waals surface area contributed by atoms with Crippen molar-refractivity contribution in [1.29, 1.82) is 0 Å². The monoisotopic (exact) mass is 422 g/mol. The molecule has 0 bridgehead atoms. The molecule has 0 unspecified atom stereocenters. The summed E-state index contributed by atoms with van der Waals surface area (Å²) >= 11 is 6.48. The van der Waals surface area contributed by atoms with Crippen LogP contribution in [0.25, 0.3) is 0 Å². The Bertz CT molecular complexity index is 750. The second-order valence-corrected chi connectivity index (χ2v) is 7.15. The zero-order chi connectivity index (χ0) is 14.9. The Labute approximate surface area is 131 Å². The Morgan fingerprint density at radius 2 is 1.85 bits per heavy atom. The summed E-state index contributed by atoms with van der Waals surface area (Å²) in [6, 6.07) is 6.16. The molecule has 20 heavy (non-hydrogen) atoms. The quantitative estimate of drug-likeness (QED) is 0.703. The summed E-state index contributed by atoms with van der Waals surface area (Å²) in [7, 11) is -3.88. The van der Waals surface area contributed by atoms with Crippen molar-refractivity contribution in [1.82, 2.24) is 4.98 Å². The van der Waals surface area contributed by atoms with Crippen LogP contribution in [0.15, 0.2) is 44.3 Å². The standard InChI is InChI=1S/C11H8Br2N2O4S/c12-7-2-1-3-8(13)10(7)15-20(18,19)6-4-9(11(16)17)14-5-6/h1-5,14-15H,(H,16,17). The minimum Gasteiger partial charge on any atom is -0.477 e. The van der Waals surface area contributed by atoms with Crippen LogP contribution in [0.2, 0.25) is 0 Å². The van der Waals surface area contributed by atoms with Gasteiger partial charge in [-0.05, 0) is 50.1 Å². The number of para-hydroxylation sites is 1. The van der Waals surface area contributed by atoms with Crippen molar-refractivity contribution in [2.24, 2.45) is 0 Å². The van der Waals surface area contributed by atoms with Crippen molar-refractivity contribution in [3.8, 4) is 0 Å². The van der Waals surface area contributed by atoms with Crippen molar-refractivity contribution in [2.75, 3.05) is 4.72 Å². The molecule has 3 N–H and O–H groups in total. The molecule has 0 atom stereocenters. The van der Waals surface area contributed by atoms with Crippen LogP contribution in [0.5, 0.6) is 0 Å². The molecule has 0 aliphatic rings. The molecule has 0 amide bonds. The molecule has 0 spiro atoms. The number of nitrogens with one attached hydrogen (secondary N) is 2. The molecule has 2 aromatic rings. The summed E-state index contributed by atoms with van der Waals surface area (Å²) in [5.74, 6) is -1.23. The van der Waals surface area contributed by atoms with E-state index in [1.165, 1.54) is 0 Å². The fourth-order valence-corrected chi connectivity index (χ4v) is 3.99. The largest absolute Gasteiger partial charge is 0.477 e. The van der Waals surface area contributed by atoms with E-state index in [1.807, 2.05) is 0 Å². The SMILES string of the molecule is O=C(O)c1cc(S(=O)(=O)Nc2c(Br)cccc2Br)c[nH]1. The number of hydrogen-bond donors (Lipinski definition) is 3. The highest BCUT2D eigenvalue weighted by atomic mass is 79.9. The number of carboxylic acids is 1. The molecule has 0 aliphatic carbocycles. The van der Waals surface area contributed by atoms with Gasteiger partial charge in [0.15, 0.2) is 0 Å².